The van der Waals surface area contributed by atoms with E-state index in [1.807, 2.05) is 7.05 Å². The third-order valence-corrected chi connectivity index (χ3v) is 4.91. The first-order valence-corrected chi connectivity index (χ1v) is 8.27. The quantitative estimate of drug-likeness (QED) is 0.768. The molecule has 0 radical (unpaired) electrons. The Balaban J connectivity index is 2.15. The summed E-state index contributed by atoms with van der Waals surface area (Å²) in [6.07, 6.45) is 0. The lowest BCUT2D eigenvalue weighted by Crippen LogP contribution is -2.52. The minimum atomic E-state index is -3.59. The van der Waals surface area contributed by atoms with Gasteiger partial charge in [-0.25, -0.2) is 13.4 Å². The van der Waals surface area contributed by atoms with Crippen LogP contribution in [0, 0.1) is 0 Å². The predicted octanol–water partition coefficient (Wildman–Crippen LogP) is -0.405. The second-order valence-corrected chi connectivity index (χ2v) is 6.72. The molecule has 1 fully saturated rings. The molecule has 21 heavy (non-hydrogen) atoms. The number of nitrogens with one attached hydrogen (secondary N) is 1. The molecular weight excluding hydrogens is 292 g/mol. The van der Waals surface area contributed by atoms with E-state index in [0.29, 0.717) is 24.4 Å². The normalized spacial score (nSPS) is 17.9. The van der Waals surface area contributed by atoms with E-state index in [4.69, 9.17) is 10.5 Å². The molecule has 1 aromatic carbocycles. The van der Waals surface area contributed by atoms with Gasteiger partial charge < -0.3 is 15.4 Å². The molecule has 0 aliphatic carbocycles. The standard InChI is InChI=1S/C13H22N4O3S/c1-16-5-7-17(8-6-16)15-21(18,19)12-3-4-13(20-2)11(9-12)10-14/h3-4,9,15H,5-8,10,14H2,1-2H3. The topological polar surface area (TPSA) is 87.9 Å². The maximum Gasteiger partial charge on any atom is 0.253 e. The highest BCUT2D eigenvalue weighted by atomic mass is 32.2. The number of ether oxygens (including phenoxy) is 1. The lowest BCUT2D eigenvalue weighted by Gasteiger charge is -2.32. The fourth-order valence-electron chi connectivity index (χ4n) is 2.20. The average Bonchev–Trinajstić information content (AvgIpc) is 2.48. The number of nitrogens with zero attached hydrogens (tertiary/aromatic N) is 2. The van der Waals surface area contributed by atoms with Crippen LogP contribution in [-0.4, -0.2) is 58.7 Å². The van der Waals surface area contributed by atoms with Crippen LogP contribution in [0.15, 0.2) is 23.1 Å². The van der Waals surface area contributed by atoms with Gasteiger partial charge >= 0.3 is 0 Å². The van der Waals surface area contributed by atoms with Gasteiger partial charge in [-0.15, -0.1) is 4.83 Å². The number of nitrogens with two attached hydrogens (primary N) is 1. The van der Waals surface area contributed by atoms with Crippen LogP contribution in [0.2, 0.25) is 0 Å². The Bertz CT molecular complexity index is 583. The number of hydrazine groups is 1. The zero-order chi connectivity index (χ0) is 15.5. The Labute approximate surface area is 125 Å². The molecule has 0 amide bonds. The van der Waals surface area contributed by atoms with E-state index in [9.17, 15) is 8.42 Å². The molecule has 3 N–H and O–H groups in total. The molecule has 0 atom stereocenters. The fourth-order valence-corrected chi connectivity index (χ4v) is 3.37. The SMILES string of the molecule is COc1ccc(S(=O)(=O)NN2CCN(C)CC2)cc1CN. The van der Waals surface area contributed by atoms with Gasteiger partial charge in [0, 0.05) is 38.3 Å². The van der Waals surface area contributed by atoms with Crippen molar-refractivity contribution in [1.29, 1.82) is 0 Å². The summed E-state index contributed by atoms with van der Waals surface area (Å²) in [6, 6.07) is 4.70. The van der Waals surface area contributed by atoms with Crippen molar-refractivity contribution < 1.29 is 13.2 Å². The number of piperazine rings is 1. The van der Waals surface area contributed by atoms with Gasteiger partial charge in [0.2, 0.25) is 0 Å². The number of sulfonamides is 1. The number of benzene rings is 1. The zero-order valence-corrected chi connectivity index (χ0v) is 13.2. The Hall–Kier alpha value is -1.19. The van der Waals surface area contributed by atoms with Crippen molar-refractivity contribution in [1.82, 2.24) is 14.7 Å². The van der Waals surface area contributed by atoms with Crippen LogP contribution in [0.4, 0.5) is 0 Å². The highest BCUT2D eigenvalue weighted by Gasteiger charge is 2.22. The summed E-state index contributed by atoms with van der Waals surface area (Å²) in [5.74, 6) is 0.594. The maximum atomic E-state index is 12.4. The average molecular weight is 314 g/mol. The molecule has 1 aliphatic rings. The van der Waals surface area contributed by atoms with Gasteiger partial charge in [0.05, 0.1) is 12.0 Å². The van der Waals surface area contributed by atoms with Crippen molar-refractivity contribution in [2.75, 3.05) is 40.3 Å². The van der Waals surface area contributed by atoms with Crippen molar-refractivity contribution >= 4 is 10.0 Å². The molecule has 1 aromatic rings. The van der Waals surface area contributed by atoms with Crippen LogP contribution in [0.1, 0.15) is 5.56 Å². The third kappa shape index (κ3) is 3.92. The molecule has 7 nitrogen and oxygen atoms in total. The zero-order valence-electron chi connectivity index (χ0n) is 12.4. The van der Waals surface area contributed by atoms with E-state index in [1.165, 1.54) is 13.2 Å². The van der Waals surface area contributed by atoms with Crippen LogP contribution < -0.4 is 15.3 Å². The maximum absolute atomic E-state index is 12.4. The van der Waals surface area contributed by atoms with Gasteiger partial charge in [-0.05, 0) is 25.2 Å². The van der Waals surface area contributed by atoms with Crippen molar-refractivity contribution in [2.45, 2.75) is 11.4 Å². The lowest BCUT2D eigenvalue weighted by molar-refractivity contribution is 0.135. The molecule has 1 heterocycles. The number of likely N-dealkylation sites (N-methyl/N-ethyl adjacent to an activating group) is 1. The predicted molar refractivity (Wildman–Crippen MR) is 80.3 cm³/mol. The molecule has 118 valence electrons. The summed E-state index contributed by atoms with van der Waals surface area (Å²) in [7, 11) is -0.0391. The Kier molecular flexibility index (Phi) is 5.17. The van der Waals surface area contributed by atoms with Crippen molar-refractivity contribution in [3.63, 3.8) is 0 Å². The summed E-state index contributed by atoms with van der Waals surface area (Å²) in [5.41, 5.74) is 6.29. The van der Waals surface area contributed by atoms with E-state index in [2.05, 4.69) is 9.73 Å². The van der Waals surface area contributed by atoms with Gasteiger partial charge in [-0.2, -0.15) is 0 Å². The second kappa shape index (κ2) is 6.71. The van der Waals surface area contributed by atoms with E-state index in [1.54, 1.807) is 17.1 Å². The molecule has 0 spiro atoms. The van der Waals surface area contributed by atoms with E-state index < -0.39 is 10.0 Å². The smallest absolute Gasteiger partial charge is 0.253 e. The molecule has 1 saturated heterocycles. The molecule has 0 unspecified atom stereocenters. The number of hydrogen-bond acceptors (Lipinski definition) is 6. The molecule has 8 heteroatoms. The number of hydrogen-bond donors (Lipinski definition) is 2. The summed E-state index contributed by atoms with van der Waals surface area (Å²) < 4.78 is 30.0. The first kappa shape index (κ1) is 16.2. The highest BCUT2D eigenvalue weighted by molar-refractivity contribution is 7.89. The summed E-state index contributed by atoms with van der Waals surface area (Å²) in [5, 5.41) is 1.72. The third-order valence-electron chi connectivity index (χ3n) is 3.53. The number of rotatable bonds is 5. The molecule has 1 aliphatic heterocycles. The van der Waals surface area contributed by atoms with Crippen molar-refractivity contribution in [3.8, 4) is 5.75 Å². The minimum absolute atomic E-state index is 0.197. The van der Waals surface area contributed by atoms with Crippen LogP contribution in [0.5, 0.6) is 5.75 Å². The molecular formula is C13H22N4O3S. The van der Waals surface area contributed by atoms with Gasteiger partial charge in [0.15, 0.2) is 0 Å². The molecule has 0 bridgehead atoms. The van der Waals surface area contributed by atoms with Crippen LogP contribution in [-0.2, 0) is 16.6 Å². The van der Waals surface area contributed by atoms with Gasteiger partial charge in [0.1, 0.15) is 5.75 Å². The second-order valence-electron chi connectivity index (χ2n) is 5.06. The monoisotopic (exact) mass is 314 g/mol. The number of methoxy groups -OCH3 is 1. The fraction of sp³-hybridized carbons (Fsp3) is 0.538. The van der Waals surface area contributed by atoms with Gasteiger partial charge in [-0.1, -0.05) is 0 Å². The minimum Gasteiger partial charge on any atom is -0.496 e. The molecule has 2 rings (SSSR count). The first-order valence-electron chi connectivity index (χ1n) is 6.79. The van der Waals surface area contributed by atoms with Crippen LogP contribution in [0.25, 0.3) is 0 Å². The van der Waals surface area contributed by atoms with Gasteiger partial charge in [0.25, 0.3) is 10.0 Å². The Morgan fingerprint density at radius 2 is 1.95 bits per heavy atom. The largest absolute Gasteiger partial charge is 0.496 e. The van der Waals surface area contributed by atoms with Crippen molar-refractivity contribution in [3.05, 3.63) is 23.8 Å². The first-order chi connectivity index (χ1) is 9.96. The van der Waals surface area contributed by atoms with E-state index in [-0.39, 0.29) is 11.4 Å². The van der Waals surface area contributed by atoms with Crippen LogP contribution >= 0.6 is 0 Å². The summed E-state index contributed by atoms with van der Waals surface area (Å²) in [4.78, 5) is 4.97. The lowest BCUT2D eigenvalue weighted by atomic mass is 10.2. The van der Waals surface area contributed by atoms with Crippen LogP contribution in [0.3, 0.4) is 0 Å². The summed E-state index contributed by atoms with van der Waals surface area (Å²) >= 11 is 0. The van der Waals surface area contributed by atoms with E-state index >= 15 is 0 Å². The van der Waals surface area contributed by atoms with Crippen molar-refractivity contribution in [2.24, 2.45) is 5.73 Å². The molecule has 0 saturated carbocycles. The molecule has 0 aromatic heterocycles. The van der Waals surface area contributed by atoms with E-state index in [0.717, 1.165) is 13.1 Å². The summed E-state index contributed by atoms with van der Waals surface area (Å²) in [6.45, 7) is 3.21. The van der Waals surface area contributed by atoms with Gasteiger partial charge in [-0.3, -0.25) is 0 Å². The highest BCUT2D eigenvalue weighted by Crippen LogP contribution is 2.22. The Morgan fingerprint density at radius 3 is 2.52 bits per heavy atom. The Morgan fingerprint density at radius 1 is 1.29 bits per heavy atom.